The first kappa shape index (κ1) is 22.8. The standard InChI is InChI=1S/C20H20F3N3O4S/c1-11-15-17(29-4)24-14(10-28-3)25-18(15)31-16(11)19(27)26(2)9-12-7-5-6-8-13(12)30-20(21,22)23/h5-8H,9-10H2,1-4H3. The summed E-state index contributed by atoms with van der Waals surface area (Å²) >= 11 is 1.17. The summed E-state index contributed by atoms with van der Waals surface area (Å²) in [6, 6.07) is 5.71. The Labute approximate surface area is 180 Å². The van der Waals surface area contributed by atoms with Crippen molar-refractivity contribution in [3.05, 3.63) is 46.1 Å². The fourth-order valence-corrected chi connectivity index (χ4v) is 4.23. The van der Waals surface area contributed by atoms with Gasteiger partial charge in [-0.25, -0.2) is 4.98 Å². The van der Waals surface area contributed by atoms with Gasteiger partial charge in [0.05, 0.1) is 17.4 Å². The number of fused-ring (bicyclic) bond motifs is 1. The van der Waals surface area contributed by atoms with E-state index >= 15 is 0 Å². The van der Waals surface area contributed by atoms with Crippen molar-refractivity contribution in [2.24, 2.45) is 0 Å². The number of rotatable bonds is 7. The van der Waals surface area contributed by atoms with E-state index in [-0.39, 0.29) is 30.4 Å². The fraction of sp³-hybridized carbons (Fsp3) is 0.350. The number of aryl methyl sites for hydroxylation is 1. The van der Waals surface area contributed by atoms with Crippen molar-refractivity contribution >= 4 is 27.5 Å². The second-order valence-corrected chi connectivity index (χ2v) is 7.63. The molecule has 11 heteroatoms. The van der Waals surface area contributed by atoms with Crippen LogP contribution in [0.25, 0.3) is 10.2 Å². The van der Waals surface area contributed by atoms with Crippen LogP contribution in [-0.2, 0) is 17.9 Å². The number of para-hydroxylation sites is 1. The van der Waals surface area contributed by atoms with Gasteiger partial charge in [-0.05, 0) is 18.6 Å². The minimum absolute atomic E-state index is 0.0729. The van der Waals surface area contributed by atoms with Gasteiger partial charge in [0.1, 0.15) is 17.2 Å². The molecule has 0 fully saturated rings. The SMILES string of the molecule is COCc1nc(OC)c2c(C)c(C(=O)N(C)Cc3ccccc3OC(F)(F)F)sc2n1. The van der Waals surface area contributed by atoms with Crippen molar-refractivity contribution in [2.75, 3.05) is 21.3 Å². The van der Waals surface area contributed by atoms with Crippen molar-refractivity contribution in [1.29, 1.82) is 0 Å². The quantitative estimate of drug-likeness (QED) is 0.528. The second-order valence-electron chi connectivity index (χ2n) is 6.64. The van der Waals surface area contributed by atoms with Gasteiger partial charge in [-0.3, -0.25) is 4.79 Å². The van der Waals surface area contributed by atoms with Gasteiger partial charge in [0.2, 0.25) is 5.88 Å². The number of alkyl halides is 3. The lowest BCUT2D eigenvalue weighted by molar-refractivity contribution is -0.275. The molecule has 0 bridgehead atoms. The van der Waals surface area contributed by atoms with E-state index in [1.54, 1.807) is 13.0 Å². The van der Waals surface area contributed by atoms with Crippen LogP contribution >= 0.6 is 11.3 Å². The number of benzene rings is 1. The molecule has 0 unspecified atom stereocenters. The van der Waals surface area contributed by atoms with Crippen LogP contribution in [0.3, 0.4) is 0 Å². The van der Waals surface area contributed by atoms with Crippen molar-refractivity contribution < 1.29 is 32.2 Å². The van der Waals surface area contributed by atoms with Gasteiger partial charge in [0.25, 0.3) is 5.91 Å². The minimum atomic E-state index is -4.82. The summed E-state index contributed by atoms with van der Waals surface area (Å²) in [6.45, 7) is 1.86. The van der Waals surface area contributed by atoms with E-state index in [9.17, 15) is 18.0 Å². The molecular weight excluding hydrogens is 435 g/mol. The smallest absolute Gasteiger partial charge is 0.480 e. The predicted octanol–water partition coefficient (Wildman–Crippen LogP) is 4.33. The van der Waals surface area contributed by atoms with Crippen LogP contribution in [0.4, 0.5) is 13.2 Å². The molecular formula is C20H20F3N3O4S. The van der Waals surface area contributed by atoms with Crippen molar-refractivity contribution in [3.8, 4) is 11.6 Å². The molecule has 0 N–H and O–H groups in total. The Morgan fingerprint density at radius 1 is 1.19 bits per heavy atom. The predicted molar refractivity (Wildman–Crippen MR) is 108 cm³/mol. The number of hydrogen-bond donors (Lipinski definition) is 0. The molecule has 0 aliphatic carbocycles. The molecule has 2 aromatic heterocycles. The lowest BCUT2D eigenvalue weighted by Gasteiger charge is -2.19. The number of aromatic nitrogens is 2. The molecule has 0 atom stereocenters. The first-order chi connectivity index (χ1) is 14.6. The van der Waals surface area contributed by atoms with E-state index in [1.807, 2.05) is 0 Å². The van der Waals surface area contributed by atoms with Crippen LogP contribution in [0.2, 0.25) is 0 Å². The van der Waals surface area contributed by atoms with E-state index in [0.717, 1.165) is 0 Å². The van der Waals surface area contributed by atoms with Gasteiger partial charge in [-0.1, -0.05) is 18.2 Å². The topological polar surface area (TPSA) is 73.8 Å². The number of nitrogens with zero attached hydrogens (tertiary/aromatic N) is 3. The molecule has 3 rings (SSSR count). The van der Waals surface area contributed by atoms with E-state index in [2.05, 4.69) is 14.7 Å². The molecule has 0 aliphatic rings. The zero-order chi connectivity index (χ0) is 22.8. The highest BCUT2D eigenvalue weighted by Gasteiger charge is 2.32. The number of amides is 1. The maximum absolute atomic E-state index is 13.1. The molecule has 3 aromatic rings. The summed E-state index contributed by atoms with van der Waals surface area (Å²) < 4.78 is 52.5. The zero-order valence-corrected chi connectivity index (χ0v) is 18.1. The lowest BCUT2D eigenvalue weighted by atomic mass is 10.1. The van der Waals surface area contributed by atoms with Crippen LogP contribution in [0.1, 0.15) is 26.6 Å². The van der Waals surface area contributed by atoms with E-state index in [4.69, 9.17) is 9.47 Å². The molecule has 0 aliphatic heterocycles. The number of methoxy groups -OCH3 is 2. The molecule has 166 valence electrons. The average molecular weight is 455 g/mol. The van der Waals surface area contributed by atoms with Crippen LogP contribution in [0.15, 0.2) is 24.3 Å². The third-order valence-corrected chi connectivity index (χ3v) is 5.59. The second kappa shape index (κ2) is 9.06. The summed E-state index contributed by atoms with van der Waals surface area (Å²) in [7, 11) is 4.50. The normalized spacial score (nSPS) is 11.6. The molecule has 0 saturated carbocycles. The highest BCUT2D eigenvalue weighted by atomic mass is 32.1. The molecule has 1 aromatic carbocycles. The van der Waals surface area contributed by atoms with Gasteiger partial charge in [-0.2, -0.15) is 4.98 Å². The minimum Gasteiger partial charge on any atom is -0.480 e. The Balaban J connectivity index is 1.92. The van der Waals surface area contributed by atoms with Gasteiger partial charge in [0.15, 0.2) is 5.82 Å². The molecule has 31 heavy (non-hydrogen) atoms. The van der Waals surface area contributed by atoms with Gasteiger partial charge >= 0.3 is 6.36 Å². The van der Waals surface area contributed by atoms with E-state index in [1.165, 1.54) is 55.7 Å². The Morgan fingerprint density at radius 3 is 2.55 bits per heavy atom. The van der Waals surface area contributed by atoms with Gasteiger partial charge in [-0.15, -0.1) is 24.5 Å². The zero-order valence-electron chi connectivity index (χ0n) is 17.2. The van der Waals surface area contributed by atoms with E-state index < -0.39 is 6.36 Å². The summed E-state index contributed by atoms with van der Waals surface area (Å²) in [6.07, 6.45) is -4.82. The molecule has 0 spiro atoms. The molecule has 1 amide bonds. The maximum atomic E-state index is 13.1. The maximum Gasteiger partial charge on any atom is 0.573 e. The molecule has 0 radical (unpaired) electrons. The van der Waals surface area contributed by atoms with Crippen LogP contribution in [0, 0.1) is 6.92 Å². The third kappa shape index (κ3) is 5.05. The molecule has 0 saturated heterocycles. The summed E-state index contributed by atoms with van der Waals surface area (Å²) in [4.78, 5) is 24.1. The van der Waals surface area contributed by atoms with Crippen LogP contribution in [0.5, 0.6) is 11.6 Å². The summed E-state index contributed by atoms with van der Waals surface area (Å²) in [5.74, 6) is 0.0345. The molecule has 2 heterocycles. The lowest BCUT2D eigenvalue weighted by Crippen LogP contribution is -2.27. The number of carbonyl (C=O) groups is 1. The Kier molecular flexibility index (Phi) is 6.65. The summed E-state index contributed by atoms with van der Waals surface area (Å²) in [5, 5.41) is 0.616. The van der Waals surface area contributed by atoms with Crippen LogP contribution in [-0.4, -0.2) is 48.4 Å². The van der Waals surface area contributed by atoms with E-state index in [0.29, 0.717) is 32.4 Å². The fourth-order valence-electron chi connectivity index (χ4n) is 3.05. The summed E-state index contributed by atoms with van der Waals surface area (Å²) in [5.41, 5.74) is 0.867. The first-order valence-corrected chi connectivity index (χ1v) is 9.88. The Bertz CT molecular complexity index is 1100. The first-order valence-electron chi connectivity index (χ1n) is 9.06. The monoisotopic (exact) mass is 455 g/mol. The van der Waals surface area contributed by atoms with Crippen molar-refractivity contribution in [1.82, 2.24) is 14.9 Å². The molecule has 7 nitrogen and oxygen atoms in total. The van der Waals surface area contributed by atoms with Crippen molar-refractivity contribution in [3.63, 3.8) is 0 Å². The number of hydrogen-bond acceptors (Lipinski definition) is 7. The third-order valence-electron chi connectivity index (χ3n) is 4.42. The highest BCUT2D eigenvalue weighted by Crippen LogP contribution is 2.36. The van der Waals surface area contributed by atoms with Crippen molar-refractivity contribution in [2.45, 2.75) is 26.4 Å². The largest absolute Gasteiger partial charge is 0.573 e. The Hall–Kier alpha value is -2.92. The number of thiophene rings is 1. The Morgan fingerprint density at radius 2 is 1.90 bits per heavy atom. The number of halogens is 3. The average Bonchev–Trinajstić information content (AvgIpc) is 3.04. The van der Waals surface area contributed by atoms with Gasteiger partial charge < -0.3 is 19.1 Å². The number of carbonyl (C=O) groups excluding carboxylic acids is 1. The highest BCUT2D eigenvalue weighted by molar-refractivity contribution is 7.20. The van der Waals surface area contributed by atoms with Crippen LogP contribution < -0.4 is 9.47 Å². The van der Waals surface area contributed by atoms with Gasteiger partial charge in [0, 0.05) is 26.3 Å². The number of ether oxygens (including phenoxy) is 3.